The van der Waals surface area contributed by atoms with Crippen LogP contribution in [0.2, 0.25) is 0 Å². The van der Waals surface area contributed by atoms with E-state index in [4.69, 9.17) is 4.42 Å². The van der Waals surface area contributed by atoms with Crippen molar-refractivity contribution in [1.82, 2.24) is 0 Å². The van der Waals surface area contributed by atoms with Crippen LogP contribution in [0.3, 0.4) is 0 Å². The highest BCUT2D eigenvalue weighted by Gasteiger charge is 2.39. The third kappa shape index (κ3) is 1.96. The summed E-state index contributed by atoms with van der Waals surface area (Å²) in [6.45, 7) is 2.35. The molecule has 5 aromatic rings. The SMILES string of the molecule is CC1(c2cccc3c2oc2ccccc23)c2ccccc2Cc2ccccc21. The largest absolute Gasteiger partial charge is 0.456 e. The van der Waals surface area contributed by atoms with Gasteiger partial charge in [0.05, 0.1) is 0 Å². The molecule has 1 nitrogen and oxygen atoms in total. The van der Waals surface area contributed by atoms with Crippen molar-refractivity contribution in [2.75, 3.05) is 0 Å². The zero-order chi connectivity index (χ0) is 18.7. The number of rotatable bonds is 1. The summed E-state index contributed by atoms with van der Waals surface area (Å²) >= 11 is 0. The fraction of sp³-hybridized carbons (Fsp3) is 0.111. The summed E-state index contributed by atoms with van der Waals surface area (Å²) in [7, 11) is 0. The summed E-state index contributed by atoms with van der Waals surface area (Å²) in [6, 6.07) is 32.6. The molecule has 0 radical (unpaired) electrons. The van der Waals surface area contributed by atoms with Crippen molar-refractivity contribution in [3.63, 3.8) is 0 Å². The maximum absolute atomic E-state index is 6.43. The smallest absolute Gasteiger partial charge is 0.139 e. The molecule has 1 aliphatic rings. The molecule has 134 valence electrons. The second-order valence-electron chi connectivity index (χ2n) is 7.90. The molecule has 1 aliphatic carbocycles. The Balaban J connectivity index is 1.76. The van der Waals surface area contributed by atoms with Crippen LogP contribution in [0.25, 0.3) is 21.9 Å². The van der Waals surface area contributed by atoms with E-state index >= 15 is 0 Å². The fourth-order valence-corrected chi connectivity index (χ4v) is 5.11. The molecule has 28 heavy (non-hydrogen) atoms. The van der Waals surface area contributed by atoms with Gasteiger partial charge in [0, 0.05) is 21.8 Å². The molecule has 0 N–H and O–H groups in total. The van der Waals surface area contributed by atoms with Crippen molar-refractivity contribution < 1.29 is 4.42 Å². The summed E-state index contributed by atoms with van der Waals surface area (Å²) < 4.78 is 6.43. The van der Waals surface area contributed by atoms with E-state index in [1.54, 1.807) is 0 Å². The topological polar surface area (TPSA) is 13.1 Å². The van der Waals surface area contributed by atoms with Gasteiger partial charge in [0.2, 0.25) is 0 Å². The zero-order valence-electron chi connectivity index (χ0n) is 15.8. The Bertz CT molecular complexity index is 1310. The van der Waals surface area contributed by atoms with Crippen molar-refractivity contribution in [3.8, 4) is 0 Å². The number of hydrogen-bond donors (Lipinski definition) is 0. The lowest BCUT2D eigenvalue weighted by Gasteiger charge is -2.38. The second-order valence-corrected chi connectivity index (χ2v) is 7.90. The molecule has 0 amide bonds. The highest BCUT2D eigenvalue weighted by molar-refractivity contribution is 6.06. The summed E-state index contributed by atoms with van der Waals surface area (Å²) in [4.78, 5) is 0. The van der Waals surface area contributed by atoms with Crippen LogP contribution in [0.4, 0.5) is 0 Å². The molecule has 0 spiro atoms. The van der Waals surface area contributed by atoms with Crippen LogP contribution in [0.1, 0.15) is 34.7 Å². The molecule has 0 saturated carbocycles. The molecule has 0 atom stereocenters. The molecule has 0 saturated heterocycles. The van der Waals surface area contributed by atoms with Gasteiger partial charge in [-0.1, -0.05) is 84.9 Å². The van der Waals surface area contributed by atoms with Gasteiger partial charge in [-0.05, 0) is 41.7 Å². The lowest BCUT2D eigenvalue weighted by atomic mass is 9.64. The van der Waals surface area contributed by atoms with Crippen molar-refractivity contribution in [3.05, 3.63) is 119 Å². The molecular formula is C27H20O. The first kappa shape index (κ1) is 15.7. The molecule has 1 heteroatoms. The van der Waals surface area contributed by atoms with E-state index in [-0.39, 0.29) is 5.41 Å². The first-order chi connectivity index (χ1) is 13.8. The number of furan rings is 1. The third-order valence-electron chi connectivity index (χ3n) is 6.44. The molecule has 0 bridgehead atoms. The van der Waals surface area contributed by atoms with E-state index in [9.17, 15) is 0 Å². The lowest BCUT2D eigenvalue weighted by Crippen LogP contribution is -2.31. The Hall–Kier alpha value is -3.32. The van der Waals surface area contributed by atoms with Gasteiger partial charge in [-0.25, -0.2) is 0 Å². The van der Waals surface area contributed by atoms with Crippen LogP contribution >= 0.6 is 0 Å². The van der Waals surface area contributed by atoms with E-state index in [0.717, 1.165) is 17.6 Å². The lowest BCUT2D eigenvalue weighted by molar-refractivity contribution is 0.618. The van der Waals surface area contributed by atoms with E-state index in [2.05, 4.69) is 91.9 Å². The minimum Gasteiger partial charge on any atom is -0.456 e. The maximum atomic E-state index is 6.43. The van der Waals surface area contributed by atoms with Gasteiger partial charge in [-0.2, -0.15) is 0 Å². The highest BCUT2D eigenvalue weighted by atomic mass is 16.3. The highest BCUT2D eigenvalue weighted by Crippen LogP contribution is 2.48. The van der Waals surface area contributed by atoms with Crippen molar-refractivity contribution in [2.45, 2.75) is 18.8 Å². The quantitative estimate of drug-likeness (QED) is 0.319. The summed E-state index contributed by atoms with van der Waals surface area (Å²) in [5.41, 5.74) is 8.49. The minimum atomic E-state index is -0.251. The van der Waals surface area contributed by atoms with Gasteiger partial charge >= 0.3 is 0 Å². The zero-order valence-corrected chi connectivity index (χ0v) is 15.8. The Morgan fingerprint density at radius 1 is 0.607 bits per heavy atom. The predicted octanol–water partition coefficient (Wildman–Crippen LogP) is 6.84. The standard InChI is InChI=1S/C27H20O/c1-27(22-13-5-2-9-18(22)17-19-10-3-6-14-23(19)27)24-15-8-12-21-20-11-4-7-16-25(20)28-26(21)24/h2-16H,17H2,1H3. The molecular weight excluding hydrogens is 340 g/mol. The Kier molecular flexibility index (Phi) is 3.14. The van der Waals surface area contributed by atoms with E-state index in [0.29, 0.717) is 0 Å². The third-order valence-corrected chi connectivity index (χ3v) is 6.44. The van der Waals surface area contributed by atoms with Crippen LogP contribution < -0.4 is 0 Å². The number of hydrogen-bond acceptors (Lipinski definition) is 1. The normalized spacial score (nSPS) is 14.8. The molecule has 4 aromatic carbocycles. The minimum absolute atomic E-state index is 0.251. The molecule has 0 aliphatic heterocycles. The molecule has 1 heterocycles. The molecule has 1 aromatic heterocycles. The van der Waals surface area contributed by atoms with Crippen LogP contribution in [0.15, 0.2) is 95.4 Å². The van der Waals surface area contributed by atoms with Gasteiger partial charge in [0.25, 0.3) is 0 Å². The summed E-state index contributed by atoms with van der Waals surface area (Å²) in [6.07, 6.45) is 0.984. The van der Waals surface area contributed by atoms with Crippen molar-refractivity contribution in [2.24, 2.45) is 0 Å². The Morgan fingerprint density at radius 3 is 1.93 bits per heavy atom. The summed E-state index contributed by atoms with van der Waals surface area (Å²) in [5, 5.41) is 2.37. The van der Waals surface area contributed by atoms with Gasteiger partial charge < -0.3 is 4.42 Å². The van der Waals surface area contributed by atoms with Crippen LogP contribution in [-0.4, -0.2) is 0 Å². The van der Waals surface area contributed by atoms with Gasteiger partial charge in [-0.15, -0.1) is 0 Å². The fourth-order valence-electron chi connectivity index (χ4n) is 5.11. The van der Waals surface area contributed by atoms with Crippen LogP contribution in [0.5, 0.6) is 0 Å². The van der Waals surface area contributed by atoms with Crippen LogP contribution in [0, 0.1) is 0 Å². The van der Waals surface area contributed by atoms with E-state index in [1.165, 1.54) is 38.6 Å². The Morgan fingerprint density at radius 2 is 1.18 bits per heavy atom. The molecule has 0 fully saturated rings. The predicted molar refractivity (Wildman–Crippen MR) is 115 cm³/mol. The average molecular weight is 360 g/mol. The second kappa shape index (κ2) is 5.59. The summed E-state index contributed by atoms with van der Waals surface area (Å²) in [5.74, 6) is 0. The monoisotopic (exact) mass is 360 g/mol. The molecule has 6 rings (SSSR count). The first-order valence-electron chi connectivity index (χ1n) is 9.84. The maximum Gasteiger partial charge on any atom is 0.139 e. The van der Waals surface area contributed by atoms with Crippen molar-refractivity contribution >= 4 is 21.9 Å². The average Bonchev–Trinajstić information content (AvgIpc) is 3.13. The van der Waals surface area contributed by atoms with Crippen molar-refractivity contribution in [1.29, 1.82) is 0 Å². The first-order valence-corrected chi connectivity index (χ1v) is 9.84. The van der Waals surface area contributed by atoms with Gasteiger partial charge in [-0.3, -0.25) is 0 Å². The number of para-hydroxylation sites is 2. The Labute approximate surface area is 164 Å². The van der Waals surface area contributed by atoms with Gasteiger partial charge in [0.15, 0.2) is 0 Å². The number of benzene rings is 4. The van der Waals surface area contributed by atoms with E-state index in [1.807, 2.05) is 6.07 Å². The van der Waals surface area contributed by atoms with Crippen LogP contribution in [-0.2, 0) is 11.8 Å². The van der Waals surface area contributed by atoms with E-state index < -0.39 is 0 Å². The number of fused-ring (bicyclic) bond motifs is 5. The molecule has 0 unspecified atom stereocenters. The van der Waals surface area contributed by atoms with Gasteiger partial charge in [0.1, 0.15) is 11.2 Å².